The largest absolute Gasteiger partial charge is 0.354 e. The molecule has 0 spiro atoms. The van der Waals surface area contributed by atoms with Crippen LogP contribution in [0.15, 0.2) is 48.5 Å². The van der Waals surface area contributed by atoms with E-state index in [0.29, 0.717) is 25.9 Å². The van der Waals surface area contributed by atoms with Crippen LogP contribution in [0.5, 0.6) is 0 Å². The van der Waals surface area contributed by atoms with Crippen molar-refractivity contribution in [3.8, 4) is 0 Å². The molecule has 9 nitrogen and oxygen atoms in total. The van der Waals surface area contributed by atoms with Gasteiger partial charge in [-0.2, -0.15) is 0 Å². The zero-order chi connectivity index (χ0) is 25.2. The normalized spacial score (nSPS) is 16.9. The lowest BCUT2D eigenvalue weighted by molar-refractivity contribution is -0.158. The SMILES string of the molecule is O=C(CN1C(=O)c2ccccc2C1=O)NCCC(=O)N1CCCN1C(=O)CC1Cc2ccccc2C1. The summed E-state index contributed by atoms with van der Waals surface area (Å²) < 4.78 is 0. The van der Waals surface area contributed by atoms with Gasteiger partial charge in [-0.25, -0.2) is 0 Å². The Morgan fingerprint density at radius 3 is 1.97 bits per heavy atom. The maximum atomic E-state index is 13.0. The molecule has 5 amide bonds. The Bertz CT molecular complexity index is 1180. The lowest BCUT2D eigenvalue weighted by atomic mass is 10.0. The standard InChI is InChI=1S/C27H28N4O5/c32-23(17-29-26(35)21-8-3-4-9-22(21)27(29)36)28-11-10-24(33)30-12-5-13-31(30)25(34)16-18-14-19-6-1-2-7-20(19)15-18/h1-4,6-9,18H,5,10-17H2,(H,28,32). The van der Waals surface area contributed by atoms with Crippen LogP contribution in [0, 0.1) is 5.92 Å². The molecule has 3 aliphatic rings. The number of hydrogen-bond acceptors (Lipinski definition) is 5. The summed E-state index contributed by atoms with van der Waals surface area (Å²) in [5.74, 6) is -1.57. The summed E-state index contributed by atoms with van der Waals surface area (Å²) in [7, 11) is 0. The van der Waals surface area contributed by atoms with E-state index in [2.05, 4.69) is 17.4 Å². The van der Waals surface area contributed by atoms with Crippen molar-refractivity contribution in [2.24, 2.45) is 5.92 Å². The van der Waals surface area contributed by atoms with E-state index in [0.717, 1.165) is 17.7 Å². The lowest BCUT2D eigenvalue weighted by Crippen LogP contribution is -2.46. The first-order chi connectivity index (χ1) is 17.4. The Hall–Kier alpha value is -4.01. The molecule has 1 N–H and O–H groups in total. The molecular weight excluding hydrogens is 460 g/mol. The number of nitrogens with one attached hydrogen (secondary N) is 1. The first-order valence-corrected chi connectivity index (χ1v) is 12.3. The second-order valence-electron chi connectivity index (χ2n) is 9.48. The highest BCUT2D eigenvalue weighted by Gasteiger charge is 2.36. The number of benzene rings is 2. The van der Waals surface area contributed by atoms with Crippen LogP contribution in [0.3, 0.4) is 0 Å². The molecular formula is C27H28N4O5. The van der Waals surface area contributed by atoms with Crippen molar-refractivity contribution >= 4 is 29.5 Å². The van der Waals surface area contributed by atoms with Crippen LogP contribution < -0.4 is 5.32 Å². The van der Waals surface area contributed by atoms with Gasteiger partial charge in [-0.1, -0.05) is 36.4 Å². The van der Waals surface area contributed by atoms with Gasteiger partial charge in [0.25, 0.3) is 11.8 Å². The minimum absolute atomic E-state index is 0.0203. The number of nitrogens with zero attached hydrogens (tertiary/aromatic N) is 3. The lowest BCUT2D eigenvalue weighted by Gasteiger charge is -2.29. The number of amides is 5. The van der Waals surface area contributed by atoms with Gasteiger partial charge in [0.15, 0.2) is 0 Å². The van der Waals surface area contributed by atoms with Gasteiger partial charge in [0.2, 0.25) is 17.7 Å². The molecule has 2 aliphatic heterocycles. The van der Waals surface area contributed by atoms with Crippen molar-refractivity contribution in [1.29, 1.82) is 0 Å². The van der Waals surface area contributed by atoms with E-state index in [1.807, 2.05) is 12.1 Å². The summed E-state index contributed by atoms with van der Waals surface area (Å²) in [6.07, 6.45) is 2.89. The highest BCUT2D eigenvalue weighted by atomic mass is 16.2. The van der Waals surface area contributed by atoms with Gasteiger partial charge in [0, 0.05) is 32.5 Å². The van der Waals surface area contributed by atoms with E-state index in [9.17, 15) is 24.0 Å². The maximum Gasteiger partial charge on any atom is 0.262 e. The maximum absolute atomic E-state index is 13.0. The fourth-order valence-electron chi connectivity index (χ4n) is 5.30. The van der Waals surface area contributed by atoms with Crippen LogP contribution in [-0.4, -0.2) is 70.6 Å². The van der Waals surface area contributed by atoms with Crippen molar-refractivity contribution < 1.29 is 24.0 Å². The molecule has 0 atom stereocenters. The zero-order valence-corrected chi connectivity index (χ0v) is 19.9. The molecule has 186 valence electrons. The third-order valence-corrected chi connectivity index (χ3v) is 7.05. The van der Waals surface area contributed by atoms with Gasteiger partial charge in [-0.05, 0) is 48.4 Å². The van der Waals surface area contributed by atoms with Crippen LogP contribution in [0.2, 0.25) is 0 Å². The smallest absolute Gasteiger partial charge is 0.262 e. The number of fused-ring (bicyclic) bond motifs is 2. The highest BCUT2D eigenvalue weighted by molar-refractivity contribution is 6.22. The first-order valence-electron chi connectivity index (χ1n) is 12.3. The number of carbonyl (C=O) groups is 5. The fraction of sp³-hybridized carbons (Fsp3) is 0.370. The summed E-state index contributed by atoms with van der Waals surface area (Å²) in [4.78, 5) is 63.9. The molecule has 0 unspecified atom stereocenters. The van der Waals surface area contributed by atoms with Gasteiger partial charge >= 0.3 is 0 Å². The van der Waals surface area contributed by atoms with Crippen molar-refractivity contribution in [2.45, 2.75) is 32.1 Å². The predicted octanol–water partition coefficient (Wildman–Crippen LogP) is 1.57. The Kier molecular flexibility index (Phi) is 6.54. The Labute approximate surface area is 209 Å². The van der Waals surface area contributed by atoms with Gasteiger partial charge in [-0.15, -0.1) is 0 Å². The molecule has 1 aliphatic carbocycles. The van der Waals surface area contributed by atoms with Gasteiger partial charge in [0.1, 0.15) is 6.54 Å². The molecule has 0 aromatic heterocycles. The molecule has 0 bridgehead atoms. The molecule has 9 heteroatoms. The molecule has 2 heterocycles. The monoisotopic (exact) mass is 488 g/mol. The second-order valence-corrected chi connectivity index (χ2v) is 9.48. The topological polar surface area (TPSA) is 107 Å². The number of imide groups is 1. The quantitative estimate of drug-likeness (QED) is 0.596. The minimum Gasteiger partial charge on any atom is -0.354 e. The van der Waals surface area contributed by atoms with E-state index in [4.69, 9.17) is 0 Å². The average Bonchev–Trinajstić information content (AvgIpc) is 3.58. The van der Waals surface area contributed by atoms with Gasteiger partial charge in [-0.3, -0.25) is 38.9 Å². The molecule has 5 rings (SSSR count). The summed E-state index contributed by atoms with van der Waals surface area (Å²) in [5, 5.41) is 5.64. The van der Waals surface area contributed by atoms with Gasteiger partial charge in [0.05, 0.1) is 11.1 Å². The summed E-state index contributed by atoms with van der Waals surface area (Å²) in [6, 6.07) is 14.7. The van der Waals surface area contributed by atoms with E-state index in [1.165, 1.54) is 16.1 Å². The van der Waals surface area contributed by atoms with Gasteiger partial charge < -0.3 is 5.32 Å². The predicted molar refractivity (Wildman–Crippen MR) is 129 cm³/mol. The van der Waals surface area contributed by atoms with Crippen LogP contribution in [0.4, 0.5) is 0 Å². The van der Waals surface area contributed by atoms with Crippen molar-refractivity contribution in [1.82, 2.24) is 20.2 Å². The van der Waals surface area contributed by atoms with Crippen molar-refractivity contribution in [3.05, 3.63) is 70.8 Å². The summed E-state index contributed by atoms with van der Waals surface area (Å²) >= 11 is 0. The molecule has 36 heavy (non-hydrogen) atoms. The Balaban J connectivity index is 1.08. The van der Waals surface area contributed by atoms with E-state index in [1.54, 1.807) is 29.3 Å². The number of hydrazine groups is 1. The Morgan fingerprint density at radius 1 is 0.806 bits per heavy atom. The first kappa shape index (κ1) is 23.7. The third-order valence-electron chi connectivity index (χ3n) is 7.05. The molecule has 2 aromatic carbocycles. The third kappa shape index (κ3) is 4.60. The number of hydrogen-bond donors (Lipinski definition) is 1. The van der Waals surface area contributed by atoms with E-state index >= 15 is 0 Å². The number of carbonyl (C=O) groups excluding carboxylic acids is 5. The van der Waals surface area contributed by atoms with Crippen molar-refractivity contribution in [3.63, 3.8) is 0 Å². The number of rotatable bonds is 7. The Morgan fingerprint density at radius 2 is 1.36 bits per heavy atom. The zero-order valence-electron chi connectivity index (χ0n) is 19.9. The molecule has 0 radical (unpaired) electrons. The second kappa shape index (κ2) is 9.93. The van der Waals surface area contributed by atoms with E-state index in [-0.39, 0.29) is 41.8 Å². The van der Waals surface area contributed by atoms with Crippen LogP contribution in [0.25, 0.3) is 0 Å². The summed E-state index contributed by atoms with van der Waals surface area (Å²) in [6.45, 7) is 0.630. The molecule has 0 saturated carbocycles. The average molecular weight is 489 g/mol. The van der Waals surface area contributed by atoms with Crippen LogP contribution in [0.1, 0.15) is 51.1 Å². The highest BCUT2D eigenvalue weighted by Crippen LogP contribution is 2.29. The van der Waals surface area contributed by atoms with Crippen LogP contribution in [-0.2, 0) is 27.2 Å². The molecule has 2 aromatic rings. The molecule has 1 fully saturated rings. The van der Waals surface area contributed by atoms with Crippen molar-refractivity contribution in [2.75, 3.05) is 26.2 Å². The molecule has 1 saturated heterocycles. The fourth-order valence-corrected chi connectivity index (χ4v) is 5.30. The van der Waals surface area contributed by atoms with Crippen LogP contribution >= 0.6 is 0 Å². The van der Waals surface area contributed by atoms with E-state index < -0.39 is 24.3 Å². The summed E-state index contributed by atoms with van der Waals surface area (Å²) in [5.41, 5.74) is 3.15. The minimum atomic E-state index is -0.521.